The first-order valence-corrected chi connectivity index (χ1v) is 6.03. The Morgan fingerprint density at radius 1 is 1.53 bits per heavy atom. The molecule has 0 saturated heterocycles. The van der Waals surface area contributed by atoms with E-state index < -0.39 is 0 Å². The van der Waals surface area contributed by atoms with Gasteiger partial charge in [0.25, 0.3) is 5.91 Å². The van der Waals surface area contributed by atoms with Crippen LogP contribution in [0.1, 0.15) is 15.5 Å². The molecule has 2 rings (SSSR count). The van der Waals surface area contributed by atoms with Gasteiger partial charge in [0.2, 0.25) is 9.47 Å². The Bertz CT molecular complexity index is 455. The molecule has 0 bridgehead atoms. The van der Waals surface area contributed by atoms with Crippen molar-refractivity contribution >= 4 is 40.2 Å². The van der Waals surface area contributed by atoms with E-state index in [4.69, 9.17) is 11.6 Å². The van der Waals surface area contributed by atoms with Gasteiger partial charge in [-0.2, -0.15) is 0 Å². The molecule has 2 aromatic rings. The van der Waals surface area contributed by atoms with Crippen molar-refractivity contribution in [3.05, 3.63) is 26.1 Å². The molecule has 8 heteroatoms. The summed E-state index contributed by atoms with van der Waals surface area (Å²) in [5, 5.41) is 12.0. The van der Waals surface area contributed by atoms with Gasteiger partial charge in [0.1, 0.15) is 0 Å². The molecule has 1 amide bonds. The van der Waals surface area contributed by atoms with Crippen LogP contribution in [0.3, 0.4) is 0 Å². The lowest BCUT2D eigenvalue weighted by molar-refractivity contribution is 0.0949. The molecule has 0 unspecified atom stereocenters. The number of amides is 1. The van der Waals surface area contributed by atoms with Crippen LogP contribution in [0.15, 0.2) is 10.9 Å². The molecule has 0 aliphatic carbocycles. The highest BCUT2D eigenvalue weighted by atomic mass is 35.5. The third-order valence-electron chi connectivity index (χ3n) is 1.51. The van der Waals surface area contributed by atoms with Gasteiger partial charge in [0.05, 0.1) is 17.7 Å². The number of carbonyl (C=O) groups excluding carboxylic acids is 1. The summed E-state index contributed by atoms with van der Waals surface area (Å²) in [5.74, 6) is -0.285. The first-order valence-electron chi connectivity index (χ1n) is 3.90. The summed E-state index contributed by atoms with van der Waals surface area (Å²) in [7, 11) is 0. The molecule has 0 saturated carbocycles. The summed E-state index contributed by atoms with van der Waals surface area (Å²) >= 11 is 8.09. The minimum Gasteiger partial charge on any atom is -0.344 e. The minimum atomic E-state index is -0.285. The number of nitrogens with zero attached hydrogens (tertiary/aromatic N) is 3. The molecule has 78 valence electrons. The molecule has 0 aromatic carbocycles. The van der Waals surface area contributed by atoms with Crippen molar-refractivity contribution in [1.29, 1.82) is 0 Å². The van der Waals surface area contributed by atoms with Crippen molar-refractivity contribution in [3.8, 4) is 0 Å². The lowest BCUT2D eigenvalue weighted by Gasteiger charge is -1.98. The monoisotopic (exact) mass is 260 g/mol. The van der Waals surface area contributed by atoms with Crippen molar-refractivity contribution in [2.24, 2.45) is 0 Å². The predicted molar refractivity (Wildman–Crippen MR) is 58.2 cm³/mol. The van der Waals surface area contributed by atoms with Gasteiger partial charge in [0.15, 0.2) is 0 Å². The number of aromatic nitrogens is 3. The average Bonchev–Trinajstić information content (AvgIpc) is 2.84. The smallest absolute Gasteiger partial charge is 0.282 e. The molecule has 1 N–H and O–H groups in total. The summed E-state index contributed by atoms with van der Waals surface area (Å²) < 4.78 is 0.258. The Balaban J connectivity index is 1.93. The van der Waals surface area contributed by atoms with E-state index in [1.54, 1.807) is 5.51 Å². The summed E-state index contributed by atoms with van der Waals surface area (Å²) in [5.41, 5.74) is 2.53. The molecule has 0 aliphatic rings. The van der Waals surface area contributed by atoms with E-state index in [2.05, 4.69) is 20.5 Å². The standard InChI is InChI=1S/C7H5ClN4OS2/c8-7-12-11-6(15-7)5(13)9-1-4-2-14-3-10-4/h2-3H,1H2,(H,9,13). The highest BCUT2D eigenvalue weighted by molar-refractivity contribution is 7.17. The highest BCUT2D eigenvalue weighted by Crippen LogP contribution is 2.14. The largest absolute Gasteiger partial charge is 0.344 e. The molecule has 0 fully saturated rings. The second-order valence-corrected chi connectivity index (χ2v) is 4.80. The first kappa shape index (κ1) is 10.5. The summed E-state index contributed by atoms with van der Waals surface area (Å²) in [6, 6.07) is 0. The Hall–Kier alpha value is -1.05. The van der Waals surface area contributed by atoms with Crippen LogP contribution in [0, 0.1) is 0 Å². The maximum Gasteiger partial charge on any atom is 0.282 e. The molecule has 0 atom stereocenters. The third kappa shape index (κ3) is 2.71. The molecule has 0 aliphatic heterocycles. The number of hydrogen-bond donors (Lipinski definition) is 1. The van der Waals surface area contributed by atoms with E-state index in [9.17, 15) is 4.79 Å². The fraction of sp³-hybridized carbons (Fsp3) is 0.143. The quantitative estimate of drug-likeness (QED) is 0.910. The van der Waals surface area contributed by atoms with E-state index in [1.807, 2.05) is 5.38 Å². The van der Waals surface area contributed by atoms with Gasteiger partial charge in [-0.15, -0.1) is 21.5 Å². The summed E-state index contributed by atoms with van der Waals surface area (Å²) in [6.45, 7) is 0.388. The van der Waals surface area contributed by atoms with Crippen LogP contribution in [-0.2, 0) is 6.54 Å². The lowest BCUT2D eigenvalue weighted by atomic mass is 10.5. The topological polar surface area (TPSA) is 67.8 Å². The van der Waals surface area contributed by atoms with Crippen molar-refractivity contribution in [2.75, 3.05) is 0 Å². The van der Waals surface area contributed by atoms with Gasteiger partial charge >= 0.3 is 0 Å². The molecule has 0 radical (unpaired) electrons. The maximum absolute atomic E-state index is 11.5. The normalized spacial score (nSPS) is 10.2. The number of hydrogen-bond acceptors (Lipinski definition) is 6. The third-order valence-corrected chi connectivity index (χ3v) is 3.16. The highest BCUT2D eigenvalue weighted by Gasteiger charge is 2.11. The van der Waals surface area contributed by atoms with E-state index in [0.717, 1.165) is 17.0 Å². The Morgan fingerprint density at radius 3 is 3.00 bits per heavy atom. The van der Waals surface area contributed by atoms with Crippen LogP contribution in [-0.4, -0.2) is 21.1 Å². The van der Waals surface area contributed by atoms with E-state index in [0.29, 0.717) is 6.54 Å². The Labute approximate surface area is 98.1 Å². The summed E-state index contributed by atoms with van der Waals surface area (Å²) in [6.07, 6.45) is 0. The zero-order valence-electron chi connectivity index (χ0n) is 7.31. The van der Waals surface area contributed by atoms with Crippen LogP contribution in [0.5, 0.6) is 0 Å². The number of carbonyl (C=O) groups is 1. The predicted octanol–water partition coefficient (Wildman–Crippen LogP) is 1.58. The first-order chi connectivity index (χ1) is 7.25. The van der Waals surface area contributed by atoms with Gasteiger partial charge in [-0.05, 0) is 11.6 Å². The van der Waals surface area contributed by atoms with Gasteiger partial charge in [-0.3, -0.25) is 4.79 Å². The lowest BCUT2D eigenvalue weighted by Crippen LogP contribution is -2.22. The van der Waals surface area contributed by atoms with Crippen molar-refractivity contribution in [2.45, 2.75) is 6.54 Å². The van der Waals surface area contributed by atoms with Crippen molar-refractivity contribution < 1.29 is 4.79 Å². The van der Waals surface area contributed by atoms with Crippen LogP contribution in [0.4, 0.5) is 0 Å². The zero-order valence-corrected chi connectivity index (χ0v) is 9.70. The van der Waals surface area contributed by atoms with Gasteiger partial charge < -0.3 is 5.32 Å². The number of halogens is 1. The molecule has 2 heterocycles. The van der Waals surface area contributed by atoms with E-state index >= 15 is 0 Å². The minimum absolute atomic E-state index is 0.258. The van der Waals surface area contributed by atoms with Gasteiger partial charge in [-0.1, -0.05) is 11.3 Å². The SMILES string of the molecule is O=C(NCc1cscn1)c1nnc(Cl)s1. The molecular formula is C7H5ClN4OS2. The fourth-order valence-electron chi connectivity index (χ4n) is 0.868. The fourth-order valence-corrected chi connectivity index (χ4v) is 2.17. The molecular weight excluding hydrogens is 256 g/mol. The van der Waals surface area contributed by atoms with Gasteiger partial charge in [0, 0.05) is 5.38 Å². The maximum atomic E-state index is 11.5. The zero-order chi connectivity index (χ0) is 10.7. The van der Waals surface area contributed by atoms with Gasteiger partial charge in [-0.25, -0.2) is 4.98 Å². The van der Waals surface area contributed by atoms with Crippen LogP contribution in [0.2, 0.25) is 4.47 Å². The van der Waals surface area contributed by atoms with Crippen LogP contribution < -0.4 is 5.32 Å². The van der Waals surface area contributed by atoms with Crippen molar-refractivity contribution in [1.82, 2.24) is 20.5 Å². The molecule has 5 nitrogen and oxygen atoms in total. The van der Waals surface area contributed by atoms with Crippen molar-refractivity contribution in [3.63, 3.8) is 0 Å². The number of thiazole rings is 1. The number of nitrogens with one attached hydrogen (secondary N) is 1. The van der Waals surface area contributed by atoms with Crippen LogP contribution in [0.25, 0.3) is 0 Å². The molecule has 2 aromatic heterocycles. The second-order valence-electron chi connectivity index (χ2n) is 2.52. The Morgan fingerprint density at radius 2 is 2.40 bits per heavy atom. The average molecular weight is 261 g/mol. The number of rotatable bonds is 3. The Kier molecular flexibility index (Phi) is 3.24. The van der Waals surface area contributed by atoms with E-state index in [-0.39, 0.29) is 15.4 Å². The van der Waals surface area contributed by atoms with E-state index in [1.165, 1.54) is 11.3 Å². The summed E-state index contributed by atoms with van der Waals surface area (Å²) in [4.78, 5) is 15.5. The van der Waals surface area contributed by atoms with Crippen LogP contribution >= 0.6 is 34.3 Å². The molecule has 0 spiro atoms. The second kappa shape index (κ2) is 4.65. The molecule has 15 heavy (non-hydrogen) atoms.